The molecule has 202 valence electrons. The van der Waals surface area contributed by atoms with Gasteiger partial charge in [-0.3, -0.25) is 9.97 Å². The first-order chi connectivity index (χ1) is 18.2. The second-order valence-corrected chi connectivity index (χ2v) is 16.5. The maximum atomic E-state index is 6.18. The molecule has 0 bridgehead atoms. The molecule has 2 aromatic carbocycles. The van der Waals surface area contributed by atoms with E-state index in [2.05, 4.69) is 90.0 Å². The van der Waals surface area contributed by atoms with E-state index in [4.69, 9.17) is 23.2 Å². The Morgan fingerprint density at radius 1 is 0.684 bits per heavy atom. The van der Waals surface area contributed by atoms with Gasteiger partial charge in [0.05, 0.1) is 11.0 Å². The van der Waals surface area contributed by atoms with Crippen LogP contribution < -0.4 is 10.6 Å². The number of aromatic nitrogens is 2. The fourth-order valence-electron chi connectivity index (χ4n) is 4.76. The molecule has 0 saturated carbocycles. The molecule has 2 heterocycles. The molecule has 0 spiro atoms. The van der Waals surface area contributed by atoms with Gasteiger partial charge in [-0.1, -0.05) is 55.3 Å². The highest BCUT2D eigenvalue weighted by Gasteiger charge is 2.22. The average molecular weight is 775 g/mol. The first kappa shape index (κ1) is 29.9. The van der Waals surface area contributed by atoms with Crippen LogP contribution in [0.3, 0.4) is 0 Å². The number of anilines is 2. The van der Waals surface area contributed by atoms with E-state index >= 15 is 0 Å². The van der Waals surface area contributed by atoms with E-state index in [0.717, 1.165) is 67.6 Å². The highest BCUT2D eigenvalue weighted by Crippen LogP contribution is 2.37. The lowest BCUT2D eigenvalue weighted by Crippen LogP contribution is -2.23. The van der Waals surface area contributed by atoms with Gasteiger partial charge in [0.1, 0.15) is 1.55 Å². The minimum Gasteiger partial charge on any atom is -0.384 e. The predicted octanol–water partition coefficient (Wildman–Crippen LogP) is 10.9. The Labute approximate surface area is 263 Å². The van der Waals surface area contributed by atoms with E-state index in [-0.39, 0.29) is 1.55 Å². The van der Waals surface area contributed by atoms with Crippen molar-refractivity contribution < 1.29 is 0 Å². The molecule has 0 atom stereocenters. The number of fused-ring (bicyclic) bond motifs is 2. The Balaban J connectivity index is 1.13. The largest absolute Gasteiger partial charge is 0.384 e. The monoisotopic (exact) mass is 774 g/mol. The first-order valence-corrected chi connectivity index (χ1v) is 16.2. The summed E-state index contributed by atoms with van der Waals surface area (Å²) in [7, 11) is 0. The van der Waals surface area contributed by atoms with Gasteiger partial charge >= 0.3 is 0 Å². The zero-order valence-corrected chi connectivity index (χ0v) is 27.7. The van der Waals surface area contributed by atoms with E-state index in [0.29, 0.717) is 0 Å². The smallest absolute Gasteiger partial charge is 0.141 e. The summed E-state index contributed by atoms with van der Waals surface area (Å²) < 4.78 is -0.0393. The van der Waals surface area contributed by atoms with Crippen LogP contribution in [-0.4, -0.2) is 18.1 Å². The number of alkyl halides is 2. The molecule has 0 radical (unpaired) electrons. The Bertz CT molecular complexity index is 1380. The number of nitrogens with one attached hydrogen (secondary N) is 2. The van der Waals surface area contributed by atoms with Gasteiger partial charge in [-0.2, -0.15) is 0 Å². The van der Waals surface area contributed by atoms with Crippen molar-refractivity contribution in [1.82, 2.24) is 9.97 Å². The lowest BCUT2D eigenvalue weighted by Gasteiger charge is -2.25. The van der Waals surface area contributed by atoms with Gasteiger partial charge in [-0.25, -0.2) is 0 Å². The highest BCUT2D eigenvalue weighted by molar-refractivity contribution is 14.2. The fourth-order valence-corrected chi connectivity index (χ4v) is 6.43. The third-order valence-corrected chi connectivity index (χ3v) is 8.69. The van der Waals surface area contributed by atoms with Crippen molar-refractivity contribution in [2.75, 3.05) is 17.2 Å². The Morgan fingerprint density at radius 3 is 1.79 bits per heavy atom. The molecular weight excluding hydrogens is 741 g/mol. The van der Waals surface area contributed by atoms with Crippen LogP contribution >= 0.6 is 68.4 Å². The summed E-state index contributed by atoms with van der Waals surface area (Å²) in [6, 6.07) is 16.1. The molecule has 38 heavy (non-hydrogen) atoms. The van der Waals surface area contributed by atoms with Crippen molar-refractivity contribution in [2.24, 2.45) is 0 Å². The number of halogens is 4. The van der Waals surface area contributed by atoms with Gasteiger partial charge in [0.2, 0.25) is 0 Å². The molecule has 0 amide bonds. The van der Waals surface area contributed by atoms with Gasteiger partial charge in [-0.05, 0) is 127 Å². The van der Waals surface area contributed by atoms with E-state index < -0.39 is 0 Å². The normalized spacial score (nSPS) is 11.8. The fraction of sp³-hybridized carbons (Fsp3) is 0.400. The van der Waals surface area contributed by atoms with Crippen LogP contribution in [0.1, 0.15) is 62.8 Å². The number of aryl methyl sites for hydroxylation is 2. The number of benzene rings is 2. The van der Waals surface area contributed by atoms with E-state index in [1.165, 1.54) is 44.9 Å². The summed E-state index contributed by atoms with van der Waals surface area (Å²) >= 11 is 17.4. The Hall–Kier alpha value is -1.10. The third-order valence-electron chi connectivity index (χ3n) is 6.60. The highest BCUT2D eigenvalue weighted by atomic mass is 127. The van der Waals surface area contributed by atoms with Crippen molar-refractivity contribution in [3.63, 3.8) is 0 Å². The lowest BCUT2D eigenvalue weighted by molar-refractivity contribution is 0.573. The van der Waals surface area contributed by atoms with Gasteiger partial charge in [0, 0.05) is 50.1 Å². The minimum atomic E-state index is -0.0393. The number of hydrogen-bond acceptors (Lipinski definition) is 4. The van der Waals surface area contributed by atoms with Crippen LogP contribution in [0, 0.1) is 13.8 Å². The van der Waals surface area contributed by atoms with Crippen LogP contribution in [0.5, 0.6) is 0 Å². The SMILES string of the molecule is Cc1cc(NCCCCCCCCCC(I)(I)Nc2cc(C)nc3cc(Cl)ccc23)c2ccc(Cl)cc2n1. The summed E-state index contributed by atoms with van der Waals surface area (Å²) in [6.45, 7) is 5.04. The maximum absolute atomic E-state index is 6.18. The number of pyridine rings is 2. The van der Waals surface area contributed by atoms with Crippen molar-refractivity contribution >= 4 is 102 Å². The second-order valence-electron chi connectivity index (χ2n) is 9.93. The zero-order valence-electron chi connectivity index (χ0n) is 21.9. The van der Waals surface area contributed by atoms with E-state index in [1.807, 2.05) is 38.1 Å². The summed E-state index contributed by atoms with van der Waals surface area (Å²) in [6.07, 6.45) is 9.90. The molecule has 0 saturated heterocycles. The molecule has 8 heteroatoms. The molecule has 0 fully saturated rings. The minimum absolute atomic E-state index is 0.0393. The van der Waals surface area contributed by atoms with Crippen LogP contribution in [0.2, 0.25) is 10.0 Å². The second kappa shape index (κ2) is 14.0. The molecule has 4 nitrogen and oxygen atoms in total. The number of rotatable bonds is 13. The van der Waals surface area contributed by atoms with Crippen molar-refractivity contribution in [3.05, 3.63) is 70.0 Å². The van der Waals surface area contributed by atoms with Crippen LogP contribution in [0.15, 0.2) is 48.5 Å². The van der Waals surface area contributed by atoms with Gasteiger partial charge in [-0.15, -0.1) is 0 Å². The maximum Gasteiger partial charge on any atom is 0.141 e. The molecular formula is C30H34Cl2I2N4. The van der Waals surface area contributed by atoms with Gasteiger partial charge in [0.15, 0.2) is 0 Å². The summed E-state index contributed by atoms with van der Waals surface area (Å²) in [5, 5.41) is 11.1. The number of unbranched alkanes of at least 4 members (excludes halogenated alkanes) is 6. The molecule has 0 aliphatic carbocycles. The predicted molar refractivity (Wildman–Crippen MR) is 183 cm³/mol. The molecule has 2 aromatic heterocycles. The van der Waals surface area contributed by atoms with E-state index in [9.17, 15) is 0 Å². The van der Waals surface area contributed by atoms with E-state index in [1.54, 1.807) is 0 Å². The summed E-state index contributed by atoms with van der Waals surface area (Å²) in [5.74, 6) is 0. The molecule has 4 rings (SSSR count). The zero-order chi connectivity index (χ0) is 27.1. The molecule has 2 N–H and O–H groups in total. The Morgan fingerprint density at radius 2 is 1.18 bits per heavy atom. The first-order valence-electron chi connectivity index (χ1n) is 13.2. The molecule has 0 aliphatic rings. The number of hydrogen-bond donors (Lipinski definition) is 2. The van der Waals surface area contributed by atoms with Crippen molar-refractivity contribution in [3.8, 4) is 0 Å². The van der Waals surface area contributed by atoms with Crippen LogP contribution in [0.25, 0.3) is 21.8 Å². The van der Waals surface area contributed by atoms with Crippen LogP contribution in [0.4, 0.5) is 11.4 Å². The van der Waals surface area contributed by atoms with Crippen molar-refractivity contribution in [1.29, 1.82) is 0 Å². The number of nitrogens with zero attached hydrogens (tertiary/aromatic N) is 2. The third kappa shape index (κ3) is 8.70. The molecule has 4 aromatic rings. The lowest BCUT2D eigenvalue weighted by atomic mass is 10.1. The summed E-state index contributed by atoms with van der Waals surface area (Å²) in [4.78, 5) is 9.25. The molecule has 0 aliphatic heterocycles. The van der Waals surface area contributed by atoms with Gasteiger partial charge in [0.25, 0.3) is 0 Å². The molecule has 0 unspecified atom stereocenters. The average Bonchev–Trinajstić information content (AvgIpc) is 2.84. The summed E-state index contributed by atoms with van der Waals surface area (Å²) in [5.41, 5.74) is 6.17. The van der Waals surface area contributed by atoms with Crippen molar-refractivity contribution in [2.45, 2.75) is 66.8 Å². The topological polar surface area (TPSA) is 49.8 Å². The van der Waals surface area contributed by atoms with Crippen LogP contribution in [-0.2, 0) is 0 Å². The Kier molecular flexibility index (Phi) is 11.0. The standard InChI is InChI=1S/C30H34Cl2I2N4/c1-20-16-26(24-12-10-22(31)18-27(24)36-20)35-15-9-7-5-3-4-6-8-14-30(33,34)38-29-17-21(2)37-28-19-23(32)11-13-25(28)29/h10-13,16-19H,3-9,14-15H2,1-2H3,(H,35,36)(H,37,38). The van der Waals surface area contributed by atoms with Gasteiger partial charge < -0.3 is 10.6 Å². The quantitative estimate of drug-likeness (QED) is 0.0615.